The van der Waals surface area contributed by atoms with Gasteiger partial charge >= 0.3 is 0 Å². The van der Waals surface area contributed by atoms with Crippen molar-refractivity contribution in [3.8, 4) is 17.6 Å². The zero-order chi connectivity index (χ0) is 22.1. The molecule has 1 heterocycles. The highest BCUT2D eigenvalue weighted by Gasteiger charge is 2.27. The largest absolute Gasteiger partial charge is 0.495 e. The van der Waals surface area contributed by atoms with Crippen LogP contribution >= 0.6 is 0 Å². The molecule has 0 spiro atoms. The fraction of sp³-hybridized carbons (Fsp3) is 0.417. The molecule has 2 aromatic rings. The lowest BCUT2D eigenvalue weighted by Crippen LogP contribution is -3.16. The minimum atomic E-state index is 0.0120. The summed E-state index contributed by atoms with van der Waals surface area (Å²) in [5, 5.41) is 9.05. The summed E-state index contributed by atoms with van der Waals surface area (Å²) in [5.41, 5.74) is 1.83. The van der Waals surface area contributed by atoms with Gasteiger partial charge in [-0.05, 0) is 31.2 Å². The van der Waals surface area contributed by atoms with Gasteiger partial charge in [-0.3, -0.25) is 4.79 Å². The summed E-state index contributed by atoms with van der Waals surface area (Å²) in [6.45, 7) is 6.83. The lowest BCUT2D eigenvalue weighted by Gasteiger charge is -2.35. The lowest BCUT2D eigenvalue weighted by atomic mass is 10.2. The number of nitrogens with one attached hydrogen (secondary N) is 1. The van der Waals surface area contributed by atoms with E-state index >= 15 is 0 Å². The van der Waals surface area contributed by atoms with Crippen LogP contribution in [0.25, 0.3) is 0 Å². The van der Waals surface area contributed by atoms with E-state index in [0.29, 0.717) is 31.1 Å². The first-order valence-corrected chi connectivity index (χ1v) is 10.8. The van der Waals surface area contributed by atoms with Crippen molar-refractivity contribution in [2.24, 2.45) is 0 Å². The predicted octanol–water partition coefficient (Wildman–Crippen LogP) is 1.75. The molecule has 7 nitrogen and oxygen atoms in total. The highest BCUT2D eigenvalue weighted by Crippen LogP contribution is 2.29. The highest BCUT2D eigenvalue weighted by molar-refractivity contribution is 5.95. The Bertz CT molecular complexity index is 904. The van der Waals surface area contributed by atoms with Crippen molar-refractivity contribution in [1.82, 2.24) is 0 Å². The molecule has 0 saturated carbocycles. The summed E-state index contributed by atoms with van der Waals surface area (Å²) in [6.07, 6.45) is 0.279. The summed E-state index contributed by atoms with van der Waals surface area (Å²) < 4.78 is 11.2. The average Bonchev–Trinajstić information content (AvgIpc) is 2.81. The molecule has 7 heteroatoms. The number of nitriles is 1. The number of nitrogens with zero attached hydrogens (tertiary/aromatic N) is 3. The number of anilines is 2. The number of piperazine rings is 1. The van der Waals surface area contributed by atoms with Gasteiger partial charge in [-0.15, -0.1) is 0 Å². The van der Waals surface area contributed by atoms with Crippen LogP contribution in [0.4, 0.5) is 11.4 Å². The quantitative estimate of drug-likeness (QED) is 0.665. The van der Waals surface area contributed by atoms with Crippen LogP contribution in [0.1, 0.15) is 13.3 Å². The molecule has 0 atom stereocenters. The number of amides is 1. The van der Waals surface area contributed by atoms with Crippen molar-refractivity contribution in [2.45, 2.75) is 13.3 Å². The molecule has 1 N–H and O–H groups in total. The fourth-order valence-corrected chi connectivity index (χ4v) is 3.94. The first-order valence-electron chi connectivity index (χ1n) is 10.8. The SMILES string of the molecule is CCOc1ccccc1N1CC[NH+](CC(=O)N(CCC#N)c2ccccc2OC)CC1. The number of methoxy groups -OCH3 is 1. The number of carbonyl (C=O) groups is 1. The van der Waals surface area contributed by atoms with Crippen molar-refractivity contribution in [3.63, 3.8) is 0 Å². The first-order chi connectivity index (χ1) is 15.2. The molecule has 0 radical (unpaired) electrons. The summed E-state index contributed by atoms with van der Waals surface area (Å²) in [7, 11) is 1.59. The Morgan fingerprint density at radius 2 is 1.81 bits per heavy atom. The maximum absolute atomic E-state index is 13.2. The monoisotopic (exact) mass is 423 g/mol. The highest BCUT2D eigenvalue weighted by atomic mass is 16.5. The van der Waals surface area contributed by atoms with E-state index in [1.54, 1.807) is 12.0 Å². The minimum Gasteiger partial charge on any atom is -0.495 e. The van der Waals surface area contributed by atoms with E-state index in [0.717, 1.165) is 37.6 Å². The molecular weight excluding hydrogens is 392 g/mol. The second-order valence-electron chi connectivity index (χ2n) is 7.44. The molecule has 0 aliphatic carbocycles. The molecule has 1 fully saturated rings. The number of benzene rings is 2. The third-order valence-electron chi connectivity index (χ3n) is 5.50. The van der Waals surface area contributed by atoms with Crippen LogP contribution in [0, 0.1) is 11.3 Å². The van der Waals surface area contributed by atoms with Gasteiger partial charge < -0.3 is 24.2 Å². The minimum absolute atomic E-state index is 0.0120. The molecule has 2 aromatic carbocycles. The standard InChI is InChI=1S/C24H30N4O3/c1-3-31-23-12-7-4-9-20(23)27-17-15-26(16-18-27)19-24(29)28(14-8-13-25)21-10-5-6-11-22(21)30-2/h4-7,9-12H,3,8,14-19H2,1-2H3/p+1. The molecule has 1 amide bonds. The van der Waals surface area contributed by atoms with Crippen LogP contribution in [-0.2, 0) is 4.79 Å². The van der Waals surface area contributed by atoms with Crippen molar-refractivity contribution >= 4 is 17.3 Å². The van der Waals surface area contributed by atoms with Crippen molar-refractivity contribution in [1.29, 1.82) is 5.26 Å². The van der Waals surface area contributed by atoms with E-state index in [1.165, 1.54) is 4.90 Å². The Morgan fingerprint density at radius 1 is 1.13 bits per heavy atom. The maximum Gasteiger partial charge on any atom is 0.282 e. The Kier molecular flexibility index (Phi) is 8.13. The average molecular weight is 424 g/mol. The van der Waals surface area contributed by atoms with Crippen molar-refractivity contribution in [3.05, 3.63) is 48.5 Å². The molecule has 3 rings (SSSR count). The zero-order valence-corrected chi connectivity index (χ0v) is 18.3. The number of quaternary nitrogens is 1. The van der Waals surface area contributed by atoms with Crippen molar-refractivity contribution in [2.75, 3.05) is 62.8 Å². The number of rotatable bonds is 9. The molecule has 164 valence electrons. The number of carbonyl (C=O) groups excluding carboxylic acids is 1. The summed E-state index contributed by atoms with van der Waals surface area (Å²) in [6, 6.07) is 17.7. The van der Waals surface area contributed by atoms with E-state index in [-0.39, 0.29) is 12.3 Å². The third kappa shape index (κ3) is 5.68. The Hall–Kier alpha value is -3.24. The van der Waals surface area contributed by atoms with Gasteiger partial charge in [-0.1, -0.05) is 24.3 Å². The molecule has 0 unspecified atom stereocenters. The van der Waals surface area contributed by atoms with Gasteiger partial charge in [0.25, 0.3) is 5.91 Å². The van der Waals surface area contributed by atoms with E-state index in [2.05, 4.69) is 17.0 Å². The number of ether oxygens (including phenoxy) is 2. The lowest BCUT2D eigenvalue weighted by molar-refractivity contribution is -0.892. The molecule has 1 aliphatic rings. The fourth-order valence-electron chi connectivity index (χ4n) is 3.94. The van der Waals surface area contributed by atoms with Crippen LogP contribution in [0.15, 0.2) is 48.5 Å². The second kappa shape index (κ2) is 11.2. The molecule has 31 heavy (non-hydrogen) atoms. The normalized spacial score (nSPS) is 14.0. The van der Waals surface area contributed by atoms with Crippen LogP contribution in [0.5, 0.6) is 11.5 Å². The van der Waals surface area contributed by atoms with Gasteiger partial charge in [0.2, 0.25) is 0 Å². The molecule has 1 saturated heterocycles. The van der Waals surface area contributed by atoms with Crippen molar-refractivity contribution < 1.29 is 19.2 Å². The number of hydrogen-bond acceptors (Lipinski definition) is 5. The second-order valence-corrected chi connectivity index (χ2v) is 7.44. The predicted molar refractivity (Wildman–Crippen MR) is 121 cm³/mol. The van der Waals surface area contributed by atoms with Gasteiger partial charge in [-0.2, -0.15) is 5.26 Å². The summed E-state index contributed by atoms with van der Waals surface area (Å²) in [5.74, 6) is 1.56. The summed E-state index contributed by atoms with van der Waals surface area (Å²) >= 11 is 0. The van der Waals surface area contributed by atoms with Crippen LogP contribution in [-0.4, -0.2) is 58.9 Å². The Morgan fingerprint density at radius 3 is 2.48 bits per heavy atom. The van der Waals surface area contributed by atoms with Gasteiger partial charge in [-0.25, -0.2) is 0 Å². The van der Waals surface area contributed by atoms with E-state index in [4.69, 9.17) is 14.7 Å². The Balaban J connectivity index is 1.64. The zero-order valence-electron chi connectivity index (χ0n) is 18.3. The van der Waals surface area contributed by atoms with E-state index < -0.39 is 0 Å². The van der Waals surface area contributed by atoms with Crippen LogP contribution in [0.3, 0.4) is 0 Å². The van der Waals surface area contributed by atoms with Gasteiger partial charge in [0.15, 0.2) is 6.54 Å². The Labute approximate surface area is 184 Å². The maximum atomic E-state index is 13.2. The van der Waals surface area contributed by atoms with Gasteiger partial charge in [0.05, 0.1) is 63.8 Å². The first kappa shape index (κ1) is 22.4. The smallest absolute Gasteiger partial charge is 0.282 e. The number of hydrogen-bond donors (Lipinski definition) is 1. The molecular formula is C24H31N4O3+. The third-order valence-corrected chi connectivity index (χ3v) is 5.50. The van der Waals surface area contributed by atoms with Gasteiger partial charge in [0.1, 0.15) is 11.5 Å². The summed E-state index contributed by atoms with van der Waals surface area (Å²) in [4.78, 5) is 18.4. The topological polar surface area (TPSA) is 70.2 Å². The van der Waals surface area contributed by atoms with Crippen LogP contribution in [0.2, 0.25) is 0 Å². The molecule has 0 bridgehead atoms. The van der Waals surface area contributed by atoms with Gasteiger partial charge in [0, 0.05) is 6.54 Å². The van der Waals surface area contributed by atoms with E-state index in [1.807, 2.05) is 49.4 Å². The van der Waals surface area contributed by atoms with Crippen LogP contribution < -0.4 is 24.2 Å². The molecule has 1 aliphatic heterocycles. The number of para-hydroxylation sites is 4. The van der Waals surface area contributed by atoms with E-state index in [9.17, 15) is 4.79 Å². The molecule has 0 aromatic heterocycles.